The molecule has 1 aromatic heterocycles. The van der Waals surface area contributed by atoms with Crippen LogP contribution in [-0.4, -0.2) is 58.3 Å². The van der Waals surface area contributed by atoms with E-state index in [-0.39, 0.29) is 5.91 Å². The maximum Gasteiger partial charge on any atom is 0.258 e. The molecule has 2 aromatic rings. The molecule has 0 radical (unpaired) electrons. The Morgan fingerprint density at radius 2 is 1.79 bits per heavy atom. The molecule has 150 valence electrons. The number of rotatable bonds is 5. The number of amides is 1. The van der Waals surface area contributed by atoms with Crippen molar-refractivity contribution in [1.82, 2.24) is 19.7 Å². The fourth-order valence-corrected chi connectivity index (χ4v) is 4.17. The molecule has 0 spiro atoms. The fourth-order valence-electron chi connectivity index (χ4n) is 4.17. The van der Waals surface area contributed by atoms with E-state index in [9.17, 15) is 4.79 Å². The van der Waals surface area contributed by atoms with Crippen LogP contribution in [0, 0.1) is 0 Å². The predicted molar refractivity (Wildman–Crippen MR) is 111 cm³/mol. The Bertz CT molecular complexity index is 772. The summed E-state index contributed by atoms with van der Waals surface area (Å²) in [7, 11) is 0. The van der Waals surface area contributed by atoms with Crippen molar-refractivity contribution >= 4 is 17.5 Å². The number of carbonyl (C=O) groups is 1. The second-order valence-corrected chi connectivity index (χ2v) is 7.76. The van der Waals surface area contributed by atoms with Crippen molar-refractivity contribution in [2.75, 3.05) is 42.9 Å². The highest BCUT2D eigenvalue weighted by Gasteiger charge is 2.18. The number of aromatic nitrogens is 3. The number of piperazine rings is 1. The molecule has 1 aliphatic carbocycles. The summed E-state index contributed by atoms with van der Waals surface area (Å²) in [4.78, 5) is 21.7. The van der Waals surface area contributed by atoms with Gasteiger partial charge in [-0.25, -0.2) is 9.67 Å². The Morgan fingerprint density at radius 1 is 1.07 bits per heavy atom. The third-order valence-corrected chi connectivity index (χ3v) is 6.00. The van der Waals surface area contributed by atoms with Crippen LogP contribution in [0.1, 0.15) is 55.4 Å². The molecule has 0 atom stereocenters. The standard InChI is InChI=1S/C21H30N6O/c1-2-25-12-14-26(15-13-25)18-10-8-17(9-11-18)20(28)23-21-22-16-27(24-21)19-6-4-3-5-7-19/h8-11,16,19H,2-7,12-15H2,1H3,(H,23,24,28). The summed E-state index contributed by atoms with van der Waals surface area (Å²) in [5.41, 5.74) is 1.80. The summed E-state index contributed by atoms with van der Waals surface area (Å²) in [6.07, 6.45) is 7.82. The SMILES string of the molecule is CCN1CCN(c2ccc(C(=O)Nc3ncn(C4CCCCC4)n3)cc2)CC1. The summed E-state index contributed by atoms with van der Waals surface area (Å²) in [5, 5.41) is 7.29. The minimum atomic E-state index is -0.163. The first kappa shape index (κ1) is 18.9. The first-order valence-electron chi connectivity index (χ1n) is 10.5. The second kappa shape index (κ2) is 8.73. The zero-order valence-corrected chi connectivity index (χ0v) is 16.7. The topological polar surface area (TPSA) is 66.3 Å². The molecule has 2 fully saturated rings. The number of hydrogen-bond donors (Lipinski definition) is 1. The third-order valence-electron chi connectivity index (χ3n) is 6.00. The van der Waals surface area contributed by atoms with Gasteiger partial charge in [0.05, 0.1) is 6.04 Å². The molecule has 1 saturated carbocycles. The lowest BCUT2D eigenvalue weighted by atomic mass is 9.96. The van der Waals surface area contributed by atoms with Gasteiger partial charge in [-0.3, -0.25) is 10.1 Å². The Labute approximate surface area is 166 Å². The molecule has 0 unspecified atom stereocenters. The average Bonchev–Trinajstić information content (AvgIpc) is 3.23. The summed E-state index contributed by atoms with van der Waals surface area (Å²) >= 11 is 0. The van der Waals surface area contributed by atoms with Gasteiger partial charge in [0, 0.05) is 37.4 Å². The van der Waals surface area contributed by atoms with Gasteiger partial charge in [-0.2, -0.15) is 0 Å². The van der Waals surface area contributed by atoms with Gasteiger partial charge in [0.25, 0.3) is 5.91 Å². The van der Waals surface area contributed by atoms with E-state index in [4.69, 9.17) is 0 Å². The maximum atomic E-state index is 12.5. The van der Waals surface area contributed by atoms with E-state index in [1.807, 2.05) is 28.9 Å². The van der Waals surface area contributed by atoms with Crippen molar-refractivity contribution in [3.8, 4) is 0 Å². The fraction of sp³-hybridized carbons (Fsp3) is 0.571. The van der Waals surface area contributed by atoms with Crippen molar-refractivity contribution in [1.29, 1.82) is 0 Å². The van der Waals surface area contributed by atoms with Crippen molar-refractivity contribution < 1.29 is 4.79 Å². The van der Waals surface area contributed by atoms with Crippen LogP contribution >= 0.6 is 0 Å². The van der Waals surface area contributed by atoms with Crippen LogP contribution < -0.4 is 10.2 Å². The van der Waals surface area contributed by atoms with Gasteiger partial charge in [0.1, 0.15) is 6.33 Å². The van der Waals surface area contributed by atoms with E-state index < -0.39 is 0 Å². The van der Waals surface area contributed by atoms with Crippen molar-refractivity contribution in [2.24, 2.45) is 0 Å². The highest BCUT2D eigenvalue weighted by Crippen LogP contribution is 2.27. The molecule has 7 nitrogen and oxygen atoms in total. The number of benzene rings is 1. The third kappa shape index (κ3) is 4.35. The second-order valence-electron chi connectivity index (χ2n) is 7.76. The van der Waals surface area contributed by atoms with Crippen molar-refractivity contribution in [3.63, 3.8) is 0 Å². The summed E-state index contributed by atoms with van der Waals surface area (Å²) in [6.45, 7) is 7.56. The van der Waals surface area contributed by atoms with E-state index in [2.05, 4.69) is 32.1 Å². The van der Waals surface area contributed by atoms with Gasteiger partial charge < -0.3 is 9.80 Å². The van der Waals surface area contributed by atoms with Crippen LogP contribution in [0.5, 0.6) is 0 Å². The highest BCUT2D eigenvalue weighted by atomic mass is 16.1. The molecule has 1 saturated heterocycles. The van der Waals surface area contributed by atoms with Crippen molar-refractivity contribution in [2.45, 2.75) is 45.1 Å². The smallest absolute Gasteiger partial charge is 0.258 e. The molecule has 2 heterocycles. The average molecular weight is 383 g/mol. The van der Waals surface area contributed by atoms with E-state index >= 15 is 0 Å². The van der Waals surface area contributed by atoms with Crippen LogP contribution in [0.15, 0.2) is 30.6 Å². The lowest BCUT2D eigenvalue weighted by molar-refractivity contribution is 0.102. The monoisotopic (exact) mass is 382 g/mol. The van der Waals surface area contributed by atoms with Crippen LogP contribution in [0.3, 0.4) is 0 Å². The van der Waals surface area contributed by atoms with E-state index in [1.165, 1.54) is 24.9 Å². The van der Waals surface area contributed by atoms with Crippen molar-refractivity contribution in [3.05, 3.63) is 36.2 Å². The zero-order valence-electron chi connectivity index (χ0n) is 16.7. The number of hydrogen-bond acceptors (Lipinski definition) is 5. The van der Waals surface area contributed by atoms with Gasteiger partial charge in [0.2, 0.25) is 5.95 Å². The van der Waals surface area contributed by atoms with Crippen LogP contribution in [0.2, 0.25) is 0 Å². The number of likely N-dealkylation sites (N-methyl/N-ethyl adjacent to an activating group) is 1. The molecule has 1 aromatic carbocycles. The predicted octanol–water partition coefficient (Wildman–Crippen LogP) is 3.18. The molecular formula is C21H30N6O. The first-order valence-corrected chi connectivity index (χ1v) is 10.5. The lowest BCUT2D eigenvalue weighted by Crippen LogP contribution is -2.46. The summed E-state index contributed by atoms with van der Waals surface area (Å²) in [5.74, 6) is 0.221. The van der Waals surface area contributed by atoms with Gasteiger partial charge in [0.15, 0.2) is 0 Å². The van der Waals surface area contributed by atoms with Gasteiger partial charge in [-0.05, 0) is 43.7 Å². The Balaban J connectivity index is 1.34. The molecule has 0 bridgehead atoms. The minimum Gasteiger partial charge on any atom is -0.369 e. The largest absolute Gasteiger partial charge is 0.369 e. The molecule has 7 heteroatoms. The molecule has 28 heavy (non-hydrogen) atoms. The molecule has 1 aliphatic heterocycles. The Hall–Kier alpha value is -2.41. The number of nitrogens with one attached hydrogen (secondary N) is 1. The number of nitrogens with zero attached hydrogens (tertiary/aromatic N) is 5. The summed E-state index contributed by atoms with van der Waals surface area (Å²) in [6, 6.07) is 8.25. The van der Waals surface area contributed by atoms with Crippen LogP contribution in [-0.2, 0) is 0 Å². The Morgan fingerprint density at radius 3 is 2.46 bits per heavy atom. The zero-order chi connectivity index (χ0) is 19.3. The van der Waals surface area contributed by atoms with E-state index in [1.54, 1.807) is 6.33 Å². The first-order chi connectivity index (χ1) is 13.7. The van der Waals surface area contributed by atoms with E-state index in [0.717, 1.165) is 45.6 Å². The molecule has 4 rings (SSSR count). The van der Waals surface area contributed by atoms with Gasteiger partial charge in [-0.1, -0.05) is 26.2 Å². The molecule has 1 amide bonds. The highest BCUT2D eigenvalue weighted by molar-refractivity contribution is 6.03. The van der Waals surface area contributed by atoms with Crippen LogP contribution in [0.25, 0.3) is 0 Å². The Kier molecular flexibility index (Phi) is 5.90. The molecule has 2 aliphatic rings. The lowest BCUT2D eigenvalue weighted by Gasteiger charge is -2.35. The number of carbonyl (C=O) groups excluding carboxylic acids is 1. The van der Waals surface area contributed by atoms with Crippen LogP contribution in [0.4, 0.5) is 11.6 Å². The van der Waals surface area contributed by atoms with Gasteiger partial charge in [-0.15, -0.1) is 5.10 Å². The number of anilines is 2. The normalized spacial score (nSPS) is 19.0. The van der Waals surface area contributed by atoms with E-state index in [0.29, 0.717) is 17.6 Å². The van der Waals surface area contributed by atoms with Gasteiger partial charge >= 0.3 is 0 Å². The quantitative estimate of drug-likeness (QED) is 0.860. The molecule has 1 N–H and O–H groups in total. The minimum absolute atomic E-state index is 0.163. The maximum absolute atomic E-state index is 12.5. The summed E-state index contributed by atoms with van der Waals surface area (Å²) < 4.78 is 1.91. The molecular weight excluding hydrogens is 352 g/mol.